The van der Waals surface area contributed by atoms with Gasteiger partial charge in [0.2, 0.25) is 0 Å². The average molecular weight is 282 g/mol. The maximum Gasteiger partial charge on any atom is 0.0351 e. The van der Waals surface area contributed by atoms with E-state index in [0.29, 0.717) is 0 Å². The highest BCUT2D eigenvalue weighted by atomic mass is 127. The molecule has 0 atom stereocenters. The fourth-order valence-corrected chi connectivity index (χ4v) is 1.02. The molecule has 8 heavy (non-hydrogen) atoms. The molecule has 0 aliphatic heterocycles. The van der Waals surface area contributed by atoms with Crippen molar-refractivity contribution in [3.05, 3.63) is 32.3 Å². The SMILES string of the molecule is Brc1ccc[c]c1I. The van der Waals surface area contributed by atoms with Crippen molar-refractivity contribution in [1.82, 2.24) is 0 Å². The molecule has 0 fully saturated rings. The van der Waals surface area contributed by atoms with Crippen molar-refractivity contribution in [3.63, 3.8) is 0 Å². The monoisotopic (exact) mass is 281 g/mol. The minimum Gasteiger partial charge on any atom is -0.0605 e. The normalized spacial score (nSPS) is 9.25. The number of rotatable bonds is 0. The Morgan fingerprint density at radius 2 is 2.38 bits per heavy atom. The lowest BCUT2D eigenvalue weighted by molar-refractivity contribution is 1.57. The van der Waals surface area contributed by atoms with E-state index in [1.807, 2.05) is 18.2 Å². The molecular weight excluding hydrogens is 279 g/mol. The summed E-state index contributed by atoms with van der Waals surface area (Å²) in [6, 6.07) is 8.88. The van der Waals surface area contributed by atoms with Crippen LogP contribution < -0.4 is 0 Å². The molecule has 1 rings (SSSR count). The van der Waals surface area contributed by atoms with Gasteiger partial charge in [0.15, 0.2) is 0 Å². The maximum atomic E-state index is 3.36. The van der Waals surface area contributed by atoms with Crippen LogP contribution in [0.2, 0.25) is 0 Å². The maximum absolute atomic E-state index is 3.36. The van der Waals surface area contributed by atoms with Gasteiger partial charge < -0.3 is 0 Å². The van der Waals surface area contributed by atoms with Crippen LogP contribution in [0, 0.1) is 9.64 Å². The first-order chi connectivity index (χ1) is 3.80. The minimum atomic E-state index is 1.11. The molecule has 0 N–H and O–H groups in total. The lowest BCUT2D eigenvalue weighted by Gasteiger charge is -1.88. The van der Waals surface area contributed by atoms with Gasteiger partial charge in [-0.05, 0) is 50.7 Å². The molecule has 0 nitrogen and oxygen atoms in total. The second-order valence-corrected chi connectivity index (χ2v) is 3.27. The molecule has 1 radical (unpaired) electrons. The summed E-state index contributed by atoms with van der Waals surface area (Å²) in [5.74, 6) is 0. The van der Waals surface area contributed by atoms with E-state index in [0.717, 1.165) is 8.04 Å². The van der Waals surface area contributed by atoms with E-state index < -0.39 is 0 Å². The van der Waals surface area contributed by atoms with Crippen LogP contribution in [0.1, 0.15) is 0 Å². The van der Waals surface area contributed by atoms with Crippen molar-refractivity contribution in [2.75, 3.05) is 0 Å². The fourth-order valence-electron chi connectivity index (χ4n) is 0.396. The summed E-state index contributed by atoms with van der Waals surface area (Å²) in [4.78, 5) is 0. The lowest BCUT2D eigenvalue weighted by atomic mass is 10.4. The van der Waals surface area contributed by atoms with Gasteiger partial charge in [-0.15, -0.1) is 0 Å². The van der Waals surface area contributed by atoms with Crippen molar-refractivity contribution in [2.24, 2.45) is 0 Å². The topological polar surface area (TPSA) is 0 Å². The van der Waals surface area contributed by atoms with Crippen LogP contribution in [0.5, 0.6) is 0 Å². The Bertz CT molecular complexity index is 165. The zero-order valence-corrected chi connectivity index (χ0v) is 7.73. The van der Waals surface area contributed by atoms with Crippen LogP contribution in [0.15, 0.2) is 22.7 Å². The van der Waals surface area contributed by atoms with Gasteiger partial charge in [-0.3, -0.25) is 0 Å². The molecule has 0 unspecified atom stereocenters. The Morgan fingerprint density at radius 1 is 1.62 bits per heavy atom. The summed E-state index contributed by atoms with van der Waals surface area (Å²) < 4.78 is 2.24. The smallest absolute Gasteiger partial charge is 0.0351 e. The Labute approximate surface area is 70.6 Å². The summed E-state index contributed by atoms with van der Waals surface area (Å²) in [6.07, 6.45) is 0. The predicted octanol–water partition coefficient (Wildman–Crippen LogP) is 2.85. The first-order valence-corrected chi connectivity index (χ1v) is 3.99. The Balaban J connectivity index is 3.13. The zero-order valence-electron chi connectivity index (χ0n) is 3.99. The van der Waals surface area contributed by atoms with Crippen LogP contribution in [0.25, 0.3) is 0 Å². The Hall–Kier alpha value is 0.430. The van der Waals surface area contributed by atoms with Gasteiger partial charge in [-0.2, -0.15) is 0 Å². The van der Waals surface area contributed by atoms with E-state index in [4.69, 9.17) is 0 Å². The van der Waals surface area contributed by atoms with E-state index in [1.54, 1.807) is 0 Å². The number of hydrogen-bond acceptors (Lipinski definition) is 0. The van der Waals surface area contributed by atoms with Gasteiger partial charge in [-0.25, -0.2) is 0 Å². The van der Waals surface area contributed by atoms with Crippen LogP contribution in [-0.2, 0) is 0 Å². The summed E-state index contributed by atoms with van der Waals surface area (Å²) in [6.45, 7) is 0. The molecule has 1 aromatic rings. The first-order valence-electron chi connectivity index (χ1n) is 2.12. The third-order valence-corrected chi connectivity index (χ3v) is 3.05. The van der Waals surface area contributed by atoms with Crippen molar-refractivity contribution in [1.29, 1.82) is 0 Å². The molecule has 0 heterocycles. The van der Waals surface area contributed by atoms with Gasteiger partial charge in [0.1, 0.15) is 0 Å². The van der Waals surface area contributed by atoms with Crippen molar-refractivity contribution in [3.8, 4) is 0 Å². The molecule has 0 bridgehead atoms. The van der Waals surface area contributed by atoms with Gasteiger partial charge in [0.05, 0.1) is 0 Å². The zero-order chi connectivity index (χ0) is 5.98. The van der Waals surface area contributed by atoms with E-state index in [-0.39, 0.29) is 0 Å². The Kier molecular flexibility index (Phi) is 2.31. The Morgan fingerprint density at radius 3 is 2.75 bits per heavy atom. The van der Waals surface area contributed by atoms with Gasteiger partial charge in [0.25, 0.3) is 0 Å². The van der Waals surface area contributed by atoms with E-state index in [9.17, 15) is 0 Å². The highest BCUT2D eigenvalue weighted by molar-refractivity contribution is 14.1. The summed E-state index contributed by atoms with van der Waals surface area (Å²) in [5, 5.41) is 0. The standard InChI is InChI=1S/C6H3BrI/c7-5-3-1-2-4-6(5)8/h1-3H. The largest absolute Gasteiger partial charge is 0.0605 e. The van der Waals surface area contributed by atoms with Crippen LogP contribution in [0.4, 0.5) is 0 Å². The molecule has 2 heteroatoms. The molecule has 0 spiro atoms. The van der Waals surface area contributed by atoms with Crippen LogP contribution >= 0.6 is 38.5 Å². The van der Waals surface area contributed by atoms with E-state index in [2.05, 4.69) is 44.6 Å². The van der Waals surface area contributed by atoms with Gasteiger partial charge >= 0.3 is 0 Å². The molecule has 1 aromatic carbocycles. The lowest BCUT2D eigenvalue weighted by Crippen LogP contribution is -1.69. The van der Waals surface area contributed by atoms with Crippen LogP contribution in [-0.4, -0.2) is 0 Å². The molecule has 0 aliphatic rings. The van der Waals surface area contributed by atoms with Gasteiger partial charge in [0, 0.05) is 8.04 Å². The van der Waals surface area contributed by atoms with Gasteiger partial charge in [-0.1, -0.05) is 12.1 Å². The average Bonchev–Trinajstić information content (AvgIpc) is 1.77. The first kappa shape index (κ1) is 6.55. The molecule has 0 aromatic heterocycles. The molecule has 0 saturated heterocycles. The minimum absolute atomic E-state index is 1.11. The van der Waals surface area contributed by atoms with Crippen molar-refractivity contribution in [2.45, 2.75) is 0 Å². The third kappa shape index (κ3) is 1.45. The summed E-state index contributed by atoms with van der Waals surface area (Å²) >= 11 is 5.58. The number of halogens is 2. The second kappa shape index (κ2) is 2.82. The predicted molar refractivity (Wildman–Crippen MR) is 45.7 cm³/mol. The number of hydrogen-bond donors (Lipinski definition) is 0. The fraction of sp³-hybridized carbons (Fsp3) is 0. The molecular formula is C6H3BrI. The highest BCUT2D eigenvalue weighted by Crippen LogP contribution is 2.16. The van der Waals surface area contributed by atoms with Crippen molar-refractivity contribution < 1.29 is 0 Å². The van der Waals surface area contributed by atoms with E-state index >= 15 is 0 Å². The molecule has 0 amide bonds. The molecule has 0 aliphatic carbocycles. The molecule has 0 saturated carbocycles. The summed E-state index contributed by atoms with van der Waals surface area (Å²) in [7, 11) is 0. The second-order valence-electron chi connectivity index (χ2n) is 1.33. The van der Waals surface area contributed by atoms with Crippen molar-refractivity contribution >= 4 is 38.5 Å². The summed E-state index contributed by atoms with van der Waals surface area (Å²) in [5.41, 5.74) is 0. The third-order valence-electron chi connectivity index (χ3n) is 0.759. The molecule has 41 valence electrons. The van der Waals surface area contributed by atoms with Crippen LogP contribution in [0.3, 0.4) is 0 Å². The number of benzene rings is 1. The highest BCUT2D eigenvalue weighted by Gasteiger charge is 1.88. The quantitative estimate of drug-likeness (QED) is 0.642. The van der Waals surface area contributed by atoms with E-state index in [1.165, 1.54) is 0 Å².